The smallest absolute Gasteiger partial charge is 0.308 e. The minimum absolute atomic E-state index is 0.128. The number of unbranched alkanes of at least 4 members (excludes halogenated alkanes) is 6. The second-order valence-corrected chi connectivity index (χ2v) is 10.4. The Morgan fingerprint density at radius 1 is 0.944 bits per heavy atom. The molecule has 0 radical (unpaired) electrons. The van der Waals surface area contributed by atoms with Crippen LogP contribution in [0.25, 0.3) is 0 Å². The number of rotatable bonds is 16. The number of carboxylic acid groups (broad SMARTS) is 1. The van der Waals surface area contributed by atoms with E-state index in [0.717, 1.165) is 63.6 Å². The average molecular weight is 503 g/mol. The number of aliphatic carboxylic acids is 1. The Balaban J connectivity index is 1.80. The standard InChI is InChI=1S/C29H46N2O5/c1-4-7-10-11-12-13-24-28(29(33)34)23(22-14-15-25-26(18-22)36-21-35-25)19-31(24)20-27(32)30(16-8-5-2)17-9-6-3/h14-15,18,23-24,28H,4-13,16-17,19-21H2,1-3H3,(H,33,34)/t23-,24+,28-/m1/s1. The molecule has 2 aliphatic rings. The molecule has 0 spiro atoms. The second kappa shape index (κ2) is 14.5. The van der Waals surface area contributed by atoms with E-state index >= 15 is 0 Å². The molecule has 1 aromatic carbocycles. The van der Waals surface area contributed by atoms with E-state index in [2.05, 4.69) is 25.7 Å². The van der Waals surface area contributed by atoms with E-state index in [9.17, 15) is 14.7 Å². The fourth-order valence-corrected chi connectivity index (χ4v) is 5.62. The number of fused-ring (bicyclic) bond motifs is 1. The van der Waals surface area contributed by atoms with Gasteiger partial charge in [0.1, 0.15) is 0 Å². The third kappa shape index (κ3) is 7.37. The summed E-state index contributed by atoms with van der Waals surface area (Å²) in [6.07, 6.45) is 10.5. The molecule has 1 N–H and O–H groups in total. The number of carbonyl (C=O) groups excluding carboxylic acids is 1. The molecule has 0 saturated carbocycles. The summed E-state index contributed by atoms with van der Waals surface area (Å²) in [5, 5.41) is 10.4. The summed E-state index contributed by atoms with van der Waals surface area (Å²) in [7, 11) is 0. The summed E-state index contributed by atoms with van der Waals surface area (Å²) in [5.41, 5.74) is 0.950. The molecule has 3 rings (SSSR count). The minimum atomic E-state index is -0.778. The van der Waals surface area contributed by atoms with Crippen LogP contribution in [-0.4, -0.2) is 65.8 Å². The van der Waals surface area contributed by atoms with Gasteiger partial charge in [-0.2, -0.15) is 0 Å². The number of amides is 1. The van der Waals surface area contributed by atoms with Crippen LogP contribution in [0.1, 0.15) is 96.5 Å². The van der Waals surface area contributed by atoms with Crippen molar-refractivity contribution in [1.82, 2.24) is 9.80 Å². The van der Waals surface area contributed by atoms with Crippen molar-refractivity contribution in [3.63, 3.8) is 0 Å². The number of hydrogen-bond donors (Lipinski definition) is 1. The van der Waals surface area contributed by atoms with Gasteiger partial charge in [-0.15, -0.1) is 0 Å². The SMILES string of the molecule is CCCCCCC[C@H]1[C@H](C(=O)O)[C@@H](c2ccc3c(c2)OCO3)CN1CC(=O)N(CCCC)CCCC. The molecule has 202 valence electrons. The fourth-order valence-electron chi connectivity index (χ4n) is 5.62. The van der Waals surface area contributed by atoms with E-state index in [-0.39, 0.29) is 31.2 Å². The zero-order valence-corrected chi connectivity index (χ0v) is 22.5. The molecule has 1 amide bonds. The van der Waals surface area contributed by atoms with Crippen molar-refractivity contribution in [3.8, 4) is 11.5 Å². The normalized spacial score (nSPS) is 21.1. The zero-order chi connectivity index (χ0) is 25.9. The van der Waals surface area contributed by atoms with E-state index in [0.29, 0.717) is 18.0 Å². The summed E-state index contributed by atoms with van der Waals surface area (Å²) < 4.78 is 11.0. The van der Waals surface area contributed by atoms with Crippen molar-refractivity contribution < 1.29 is 24.2 Å². The van der Waals surface area contributed by atoms with Gasteiger partial charge in [-0.05, 0) is 37.0 Å². The van der Waals surface area contributed by atoms with Gasteiger partial charge in [0.2, 0.25) is 12.7 Å². The van der Waals surface area contributed by atoms with Gasteiger partial charge in [0, 0.05) is 31.6 Å². The number of carboxylic acids is 1. The Kier molecular flexibility index (Phi) is 11.4. The highest BCUT2D eigenvalue weighted by Crippen LogP contribution is 2.43. The highest BCUT2D eigenvalue weighted by atomic mass is 16.7. The van der Waals surface area contributed by atoms with Gasteiger partial charge in [-0.3, -0.25) is 14.5 Å². The first kappa shape index (κ1) is 28.3. The predicted molar refractivity (Wildman–Crippen MR) is 142 cm³/mol. The number of benzene rings is 1. The molecule has 0 aliphatic carbocycles. The third-order valence-corrected chi connectivity index (χ3v) is 7.72. The van der Waals surface area contributed by atoms with Crippen LogP contribution < -0.4 is 9.47 Å². The van der Waals surface area contributed by atoms with Gasteiger partial charge in [0.05, 0.1) is 12.5 Å². The highest BCUT2D eigenvalue weighted by Gasteiger charge is 2.47. The number of carbonyl (C=O) groups is 2. The quantitative estimate of drug-likeness (QED) is 0.293. The third-order valence-electron chi connectivity index (χ3n) is 7.72. The molecule has 1 fully saturated rings. The van der Waals surface area contributed by atoms with Gasteiger partial charge >= 0.3 is 5.97 Å². The first-order valence-electron chi connectivity index (χ1n) is 14.1. The molecule has 1 saturated heterocycles. The molecule has 1 aromatic rings. The highest BCUT2D eigenvalue weighted by molar-refractivity contribution is 5.79. The second-order valence-electron chi connectivity index (χ2n) is 10.4. The van der Waals surface area contributed by atoms with E-state index in [4.69, 9.17) is 9.47 Å². The maximum absolute atomic E-state index is 13.4. The molecule has 36 heavy (non-hydrogen) atoms. The summed E-state index contributed by atoms with van der Waals surface area (Å²) >= 11 is 0. The monoisotopic (exact) mass is 502 g/mol. The number of likely N-dealkylation sites (tertiary alicyclic amines) is 1. The molecule has 2 aliphatic heterocycles. The minimum Gasteiger partial charge on any atom is -0.481 e. The van der Waals surface area contributed by atoms with Crippen LogP contribution in [0.4, 0.5) is 0 Å². The summed E-state index contributed by atoms with van der Waals surface area (Å²) in [6.45, 7) is 9.09. The number of hydrogen-bond acceptors (Lipinski definition) is 5. The maximum atomic E-state index is 13.4. The first-order valence-corrected chi connectivity index (χ1v) is 14.1. The molecular weight excluding hydrogens is 456 g/mol. The lowest BCUT2D eigenvalue weighted by Gasteiger charge is -2.30. The Hall–Kier alpha value is -2.28. The molecule has 3 atom stereocenters. The Morgan fingerprint density at radius 2 is 1.61 bits per heavy atom. The van der Waals surface area contributed by atoms with Crippen LogP contribution in [-0.2, 0) is 9.59 Å². The van der Waals surface area contributed by atoms with Crippen molar-refractivity contribution in [3.05, 3.63) is 23.8 Å². The van der Waals surface area contributed by atoms with Crippen molar-refractivity contribution in [2.45, 2.75) is 96.9 Å². The van der Waals surface area contributed by atoms with Gasteiger partial charge in [-0.25, -0.2) is 0 Å². The molecule has 7 nitrogen and oxygen atoms in total. The summed E-state index contributed by atoms with van der Waals surface area (Å²) in [4.78, 5) is 30.2. The Bertz CT molecular complexity index is 837. The lowest BCUT2D eigenvalue weighted by Crippen LogP contribution is -2.44. The van der Waals surface area contributed by atoms with Gasteiger partial charge < -0.3 is 19.5 Å². The molecule has 7 heteroatoms. The van der Waals surface area contributed by atoms with Crippen LogP contribution in [0.5, 0.6) is 11.5 Å². The molecule has 0 unspecified atom stereocenters. The molecule has 2 heterocycles. The van der Waals surface area contributed by atoms with Crippen LogP contribution >= 0.6 is 0 Å². The Labute approximate surface area is 217 Å². The maximum Gasteiger partial charge on any atom is 0.308 e. The van der Waals surface area contributed by atoms with Crippen molar-refractivity contribution >= 4 is 11.9 Å². The van der Waals surface area contributed by atoms with E-state index < -0.39 is 11.9 Å². The van der Waals surface area contributed by atoms with Gasteiger partial charge in [-0.1, -0.05) is 71.8 Å². The molecular formula is C29H46N2O5. The van der Waals surface area contributed by atoms with E-state index in [1.54, 1.807) is 0 Å². The Morgan fingerprint density at radius 3 is 2.28 bits per heavy atom. The lowest BCUT2D eigenvalue weighted by molar-refractivity contribution is -0.144. The van der Waals surface area contributed by atoms with Crippen LogP contribution in [0.15, 0.2) is 18.2 Å². The van der Waals surface area contributed by atoms with Crippen LogP contribution in [0.3, 0.4) is 0 Å². The molecule has 0 bridgehead atoms. The summed E-state index contributed by atoms with van der Waals surface area (Å²) in [5.74, 6) is -0.0178. The largest absolute Gasteiger partial charge is 0.481 e. The number of ether oxygens (including phenoxy) is 2. The van der Waals surface area contributed by atoms with E-state index in [1.807, 2.05) is 23.1 Å². The first-order chi connectivity index (χ1) is 17.5. The summed E-state index contributed by atoms with van der Waals surface area (Å²) in [6, 6.07) is 5.62. The van der Waals surface area contributed by atoms with Crippen LogP contribution in [0.2, 0.25) is 0 Å². The molecule has 0 aromatic heterocycles. The van der Waals surface area contributed by atoms with Gasteiger partial charge in [0.15, 0.2) is 11.5 Å². The van der Waals surface area contributed by atoms with Crippen LogP contribution in [0, 0.1) is 5.92 Å². The fraction of sp³-hybridized carbons (Fsp3) is 0.724. The topological polar surface area (TPSA) is 79.3 Å². The predicted octanol–water partition coefficient (Wildman–Crippen LogP) is 5.67. The zero-order valence-electron chi connectivity index (χ0n) is 22.5. The van der Waals surface area contributed by atoms with Crippen molar-refractivity contribution in [2.75, 3.05) is 33.0 Å². The van der Waals surface area contributed by atoms with Crippen molar-refractivity contribution in [2.24, 2.45) is 5.92 Å². The van der Waals surface area contributed by atoms with Crippen molar-refractivity contribution in [1.29, 1.82) is 0 Å². The van der Waals surface area contributed by atoms with E-state index in [1.165, 1.54) is 19.3 Å². The average Bonchev–Trinajstić information content (AvgIpc) is 3.48. The lowest BCUT2D eigenvalue weighted by atomic mass is 9.83. The van der Waals surface area contributed by atoms with Gasteiger partial charge in [0.25, 0.3) is 0 Å². The number of nitrogens with zero attached hydrogens (tertiary/aromatic N) is 2.